The molecule has 1 atom stereocenters. The van der Waals surface area contributed by atoms with Gasteiger partial charge in [-0.1, -0.05) is 12.1 Å². The molecule has 1 saturated heterocycles. The molecule has 0 unspecified atom stereocenters. The molecule has 142 valence electrons. The van der Waals surface area contributed by atoms with E-state index in [2.05, 4.69) is 0 Å². The number of aromatic nitrogens is 1. The van der Waals surface area contributed by atoms with Crippen LogP contribution in [0.1, 0.15) is 0 Å². The molecule has 1 N–H and O–H groups in total. The van der Waals surface area contributed by atoms with E-state index in [4.69, 9.17) is 9.84 Å². The number of carbonyl (C=O) groups is 1. The van der Waals surface area contributed by atoms with E-state index >= 15 is 0 Å². The van der Waals surface area contributed by atoms with E-state index in [0.717, 1.165) is 16.8 Å². The number of aliphatic hydroxyl groups is 1. The zero-order valence-corrected chi connectivity index (χ0v) is 15.4. The average molecular weight is 379 g/mol. The molecule has 1 aliphatic rings. The number of nitrogens with zero attached hydrogens (tertiary/aromatic N) is 2. The predicted molar refractivity (Wildman–Crippen MR) is 103 cm³/mol. The van der Waals surface area contributed by atoms with Gasteiger partial charge < -0.3 is 9.84 Å². The molecule has 6 heteroatoms. The molecule has 3 aromatic rings. The zero-order chi connectivity index (χ0) is 19.7. The van der Waals surface area contributed by atoms with Crippen LogP contribution in [0.25, 0.3) is 22.4 Å². The van der Waals surface area contributed by atoms with Crippen LogP contribution in [0.2, 0.25) is 0 Å². The largest absolute Gasteiger partial charge is 0.441 e. The van der Waals surface area contributed by atoms with Crippen LogP contribution in [-0.2, 0) is 11.8 Å². The molecule has 1 aromatic heterocycles. The standard InChI is InChI=1S/C22H20FN2O3/c1-24-11-3-2-4-21(24)16-7-5-15(6-8-16)19-10-9-17(12-20(19)23)25-13-18(14-26)28-22(25)27/h2-12,18,26H,13-14H2,1H3/q+1/t18-/m1/s1. The second kappa shape index (κ2) is 7.40. The molecule has 5 nitrogen and oxygen atoms in total. The number of pyridine rings is 1. The second-order valence-corrected chi connectivity index (χ2v) is 6.74. The van der Waals surface area contributed by atoms with Gasteiger partial charge in [-0.15, -0.1) is 0 Å². The molecule has 1 amide bonds. The maximum Gasteiger partial charge on any atom is 0.414 e. The quantitative estimate of drug-likeness (QED) is 0.708. The maximum atomic E-state index is 14.8. The van der Waals surface area contributed by atoms with Crippen LogP contribution < -0.4 is 9.47 Å². The van der Waals surface area contributed by atoms with Gasteiger partial charge in [0, 0.05) is 23.3 Å². The lowest BCUT2D eigenvalue weighted by Crippen LogP contribution is -2.29. The summed E-state index contributed by atoms with van der Waals surface area (Å²) in [5, 5.41) is 9.14. The summed E-state index contributed by atoms with van der Waals surface area (Å²) in [6, 6.07) is 18.3. The molecule has 0 spiro atoms. The number of aryl methyl sites for hydroxylation is 1. The van der Waals surface area contributed by atoms with Crippen molar-refractivity contribution in [1.82, 2.24) is 0 Å². The SMILES string of the molecule is C[n+]1ccccc1-c1ccc(-c2ccc(N3C[C@H](CO)OC3=O)cc2F)cc1. The van der Waals surface area contributed by atoms with Gasteiger partial charge in [0.05, 0.1) is 18.8 Å². The second-order valence-electron chi connectivity index (χ2n) is 6.74. The van der Waals surface area contributed by atoms with Gasteiger partial charge in [-0.25, -0.2) is 13.8 Å². The van der Waals surface area contributed by atoms with Crippen LogP contribution in [-0.4, -0.2) is 30.5 Å². The molecule has 0 aliphatic carbocycles. The van der Waals surface area contributed by atoms with Crippen LogP contribution in [0, 0.1) is 5.82 Å². The Morgan fingerprint density at radius 1 is 1.14 bits per heavy atom. The number of hydrogen-bond donors (Lipinski definition) is 1. The van der Waals surface area contributed by atoms with Gasteiger partial charge in [0.15, 0.2) is 6.20 Å². The predicted octanol–water partition coefficient (Wildman–Crippen LogP) is 3.30. The first-order valence-electron chi connectivity index (χ1n) is 9.01. The summed E-state index contributed by atoms with van der Waals surface area (Å²) in [4.78, 5) is 13.2. The van der Waals surface area contributed by atoms with Crippen LogP contribution in [0.15, 0.2) is 66.9 Å². The van der Waals surface area contributed by atoms with E-state index in [1.807, 2.05) is 60.3 Å². The zero-order valence-electron chi connectivity index (χ0n) is 15.4. The van der Waals surface area contributed by atoms with Crippen molar-refractivity contribution in [1.29, 1.82) is 0 Å². The fraction of sp³-hybridized carbons (Fsp3) is 0.182. The van der Waals surface area contributed by atoms with Crippen molar-refractivity contribution in [2.45, 2.75) is 6.10 Å². The number of carbonyl (C=O) groups excluding carboxylic acids is 1. The molecule has 2 heterocycles. The number of aliphatic hydroxyl groups excluding tert-OH is 1. The minimum absolute atomic E-state index is 0.205. The summed E-state index contributed by atoms with van der Waals surface area (Å²) >= 11 is 0. The first-order valence-corrected chi connectivity index (χ1v) is 9.01. The Hall–Kier alpha value is -3.25. The summed E-state index contributed by atoms with van der Waals surface area (Å²) in [6.07, 6.45) is 0.820. The van der Waals surface area contributed by atoms with Crippen LogP contribution in [0.5, 0.6) is 0 Å². The Morgan fingerprint density at radius 2 is 1.89 bits per heavy atom. The van der Waals surface area contributed by atoms with Gasteiger partial charge in [-0.3, -0.25) is 4.90 Å². The highest BCUT2D eigenvalue weighted by atomic mass is 19.1. The van der Waals surface area contributed by atoms with Crippen molar-refractivity contribution in [3.63, 3.8) is 0 Å². The molecule has 28 heavy (non-hydrogen) atoms. The van der Waals surface area contributed by atoms with Crippen molar-refractivity contribution in [3.05, 3.63) is 72.7 Å². The van der Waals surface area contributed by atoms with Crippen molar-refractivity contribution < 1.29 is 23.6 Å². The highest BCUT2D eigenvalue weighted by Gasteiger charge is 2.32. The fourth-order valence-corrected chi connectivity index (χ4v) is 3.38. The molecule has 1 fully saturated rings. The molecule has 2 aromatic carbocycles. The van der Waals surface area contributed by atoms with Crippen molar-refractivity contribution in [3.8, 4) is 22.4 Å². The number of anilines is 1. The minimum atomic E-state index is -0.581. The summed E-state index contributed by atoms with van der Waals surface area (Å²) in [5.41, 5.74) is 3.73. The monoisotopic (exact) mass is 379 g/mol. The van der Waals surface area contributed by atoms with Crippen LogP contribution >= 0.6 is 0 Å². The Kier molecular flexibility index (Phi) is 4.79. The van der Waals surface area contributed by atoms with E-state index in [1.54, 1.807) is 12.1 Å². The maximum absolute atomic E-state index is 14.8. The minimum Gasteiger partial charge on any atom is -0.441 e. The van der Waals surface area contributed by atoms with Crippen molar-refractivity contribution in [2.75, 3.05) is 18.1 Å². The first-order chi connectivity index (χ1) is 13.6. The number of hydrogen-bond acceptors (Lipinski definition) is 3. The highest BCUT2D eigenvalue weighted by molar-refractivity contribution is 5.90. The van der Waals surface area contributed by atoms with Gasteiger partial charge in [0.25, 0.3) is 0 Å². The molecule has 0 radical (unpaired) electrons. The van der Waals surface area contributed by atoms with Crippen molar-refractivity contribution in [2.24, 2.45) is 7.05 Å². The lowest BCUT2D eigenvalue weighted by Gasteiger charge is -2.14. The number of rotatable bonds is 4. The number of halogens is 1. The van der Waals surface area contributed by atoms with Crippen LogP contribution in [0.4, 0.5) is 14.9 Å². The fourth-order valence-electron chi connectivity index (χ4n) is 3.38. The molecule has 1 aliphatic heterocycles. The number of cyclic esters (lactones) is 1. The van der Waals surface area contributed by atoms with Crippen LogP contribution in [0.3, 0.4) is 0 Å². The van der Waals surface area contributed by atoms with E-state index in [-0.39, 0.29) is 13.2 Å². The van der Waals surface area contributed by atoms with E-state index in [0.29, 0.717) is 11.3 Å². The third kappa shape index (κ3) is 3.34. The van der Waals surface area contributed by atoms with E-state index < -0.39 is 18.0 Å². The highest BCUT2D eigenvalue weighted by Crippen LogP contribution is 2.30. The first kappa shape index (κ1) is 18.1. The number of amides is 1. The third-order valence-electron chi connectivity index (χ3n) is 4.89. The molecular weight excluding hydrogens is 359 g/mol. The molecule has 0 saturated carbocycles. The van der Waals surface area contributed by atoms with E-state index in [9.17, 15) is 9.18 Å². The van der Waals surface area contributed by atoms with Gasteiger partial charge in [0.1, 0.15) is 19.0 Å². The molecule has 4 rings (SSSR count). The lowest BCUT2D eigenvalue weighted by atomic mass is 10.0. The Morgan fingerprint density at radius 3 is 2.54 bits per heavy atom. The summed E-state index contributed by atoms with van der Waals surface area (Å²) in [6.45, 7) is -0.0504. The van der Waals surface area contributed by atoms with E-state index in [1.165, 1.54) is 11.0 Å². The third-order valence-corrected chi connectivity index (χ3v) is 4.89. The number of ether oxygens (including phenoxy) is 1. The van der Waals surface area contributed by atoms with Gasteiger partial charge in [-0.05, 0) is 42.0 Å². The topological polar surface area (TPSA) is 53.6 Å². The normalized spacial score (nSPS) is 16.3. The average Bonchev–Trinajstić information content (AvgIpc) is 3.09. The Balaban J connectivity index is 1.60. The summed E-state index contributed by atoms with van der Waals surface area (Å²) < 4.78 is 21.8. The smallest absolute Gasteiger partial charge is 0.414 e. The summed E-state index contributed by atoms with van der Waals surface area (Å²) in [7, 11) is 1.98. The molecule has 0 bridgehead atoms. The van der Waals surface area contributed by atoms with Gasteiger partial charge >= 0.3 is 6.09 Å². The summed E-state index contributed by atoms with van der Waals surface area (Å²) in [5.74, 6) is -0.421. The Labute approximate surface area is 162 Å². The van der Waals surface area contributed by atoms with Gasteiger partial charge in [0.2, 0.25) is 5.69 Å². The molecular formula is C22H20FN2O3+. The Bertz CT molecular complexity index is 1020. The van der Waals surface area contributed by atoms with Crippen molar-refractivity contribution >= 4 is 11.8 Å². The lowest BCUT2D eigenvalue weighted by molar-refractivity contribution is -0.660. The van der Waals surface area contributed by atoms with Gasteiger partial charge in [-0.2, -0.15) is 0 Å². The number of benzene rings is 2.